The molecule has 0 N–H and O–H groups in total. The minimum atomic E-state index is -2.03. The maximum absolute atomic E-state index is 13.7. The van der Waals surface area contributed by atoms with Crippen LogP contribution < -0.4 is 14.5 Å². The number of fused-ring (bicyclic) bond motifs is 5. The Morgan fingerprint density at radius 3 is 1.98 bits per heavy atom. The van der Waals surface area contributed by atoms with Gasteiger partial charge >= 0.3 is 5.97 Å². The van der Waals surface area contributed by atoms with Gasteiger partial charge in [0, 0.05) is 23.7 Å². The fourth-order valence-corrected chi connectivity index (χ4v) is 9.17. The third kappa shape index (κ3) is 3.79. The highest BCUT2D eigenvalue weighted by atomic mass is 35.5. The zero-order valence-corrected chi connectivity index (χ0v) is 26.1. The Balaban J connectivity index is 1.21. The summed E-state index contributed by atoms with van der Waals surface area (Å²) in [5.74, 6) is -5.24. The molecule has 14 heteroatoms. The van der Waals surface area contributed by atoms with Crippen LogP contribution in [0.4, 0.5) is 11.4 Å². The molecule has 0 aromatic heterocycles. The van der Waals surface area contributed by atoms with Crippen LogP contribution in [-0.2, 0) is 19.2 Å². The van der Waals surface area contributed by atoms with Gasteiger partial charge < -0.3 is 9.64 Å². The van der Waals surface area contributed by atoms with E-state index in [0.717, 1.165) is 4.90 Å². The van der Waals surface area contributed by atoms with Gasteiger partial charge in [0.25, 0.3) is 0 Å². The number of ether oxygens (including phenoxy) is 1. The molecule has 2 heterocycles. The van der Waals surface area contributed by atoms with Crippen molar-refractivity contribution in [2.24, 2.45) is 17.8 Å². The Morgan fingerprint density at radius 1 is 0.878 bits per heavy atom. The molecule has 2 aromatic carbocycles. The molecular weight excluding hydrogens is 680 g/mol. The number of amides is 3. The number of carbonyl (C=O) groups excluding carboxylic acids is 4. The van der Waals surface area contributed by atoms with E-state index in [9.17, 15) is 19.2 Å². The number of halogens is 7. The second-order valence-electron chi connectivity index (χ2n) is 10.3. The van der Waals surface area contributed by atoms with Crippen LogP contribution in [0.2, 0.25) is 5.02 Å². The molecule has 1 saturated carbocycles. The van der Waals surface area contributed by atoms with Crippen molar-refractivity contribution >= 4 is 116 Å². The largest absolute Gasteiger partial charge is 0.426 e. The van der Waals surface area contributed by atoms with Crippen molar-refractivity contribution in [2.45, 2.75) is 27.4 Å². The van der Waals surface area contributed by atoms with E-state index < -0.39 is 49.6 Å². The van der Waals surface area contributed by atoms with Crippen LogP contribution in [0.15, 0.2) is 52.5 Å². The highest BCUT2D eigenvalue weighted by Crippen LogP contribution is 2.77. The summed E-state index contributed by atoms with van der Waals surface area (Å²) in [6.07, 6.45) is -0.0137. The summed E-state index contributed by atoms with van der Waals surface area (Å²) in [5, 5.41) is 0.177. The molecule has 2 aliphatic carbocycles. The fourth-order valence-electron chi connectivity index (χ4n) is 6.11. The quantitative estimate of drug-likeness (QED) is 0.157. The summed E-state index contributed by atoms with van der Waals surface area (Å²) in [6, 6.07) is 11.1. The first kappa shape index (κ1) is 29.4. The second-order valence-corrected chi connectivity index (χ2v) is 14.1. The third-order valence-corrected chi connectivity index (χ3v) is 12.6. The Hall–Kier alpha value is -1.71. The molecule has 4 aliphatic rings. The summed E-state index contributed by atoms with van der Waals surface area (Å²) in [6.45, 7) is 1.79. The summed E-state index contributed by atoms with van der Waals surface area (Å²) in [5.41, 5.74) is 1.29. The van der Waals surface area contributed by atoms with Crippen molar-refractivity contribution in [1.82, 2.24) is 0 Å². The van der Waals surface area contributed by atoms with Gasteiger partial charge in [0.2, 0.25) is 17.7 Å². The lowest BCUT2D eigenvalue weighted by molar-refractivity contribution is -0.139. The second kappa shape index (κ2) is 9.65. The third-order valence-electron chi connectivity index (χ3n) is 8.13. The SMILES string of the molecule is Cc1cc(OC(=O)[C@@H]2CC(=O)N(c3ccc(Cl)cc3)C2)ccc1N1C(=O)[C@@H]2[C@H](C1=O)[C@@]1(Cl)C(Cl)=C(Cl)[C@@]2(Cl)C1(Cl)Cl. The van der Waals surface area contributed by atoms with Crippen LogP contribution in [0.1, 0.15) is 12.0 Å². The number of esters is 1. The molecule has 0 unspecified atom stereocenters. The topological polar surface area (TPSA) is 84.0 Å². The number of nitrogens with zero attached hydrogens (tertiary/aromatic N) is 2. The van der Waals surface area contributed by atoms with Crippen molar-refractivity contribution < 1.29 is 23.9 Å². The van der Waals surface area contributed by atoms with Crippen LogP contribution in [0.3, 0.4) is 0 Å². The average Bonchev–Trinajstić information content (AvgIpc) is 3.50. The molecule has 2 bridgehead atoms. The number of imide groups is 1. The summed E-state index contributed by atoms with van der Waals surface area (Å²) >= 11 is 45.3. The van der Waals surface area contributed by atoms with Crippen LogP contribution in [0.5, 0.6) is 5.75 Å². The van der Waals surface area contributed by atoms with E-state index in [1.165, 1.54) is 23.1 Å². The zero-order chi connectivity index (χ0) is 29.8. The van der Waals surface area contributed by atoms with Crippen LogP contribution in [0, 0.1) is 24.7 Å². The van der Waals surface area contributed by atoms with Gasteiger partial charge in [-0.2, -0.15) is 0 Å². The molecule has 5 atom stereocenters. The monoisotopic (exact) mass is 694 g/mol. The van der Waals surface area contributed by atoms with Gasteiger partial charge in [-0.25, -0.2) is 4.90 Å². The minimum absolute atomic E-state index is 0.0137. The van der Waals surface area contributed by atoms with Gasteiger partial charge in [-0.05, 0) is 55.0 Å². The zero-order valence-electron chi connectivity index (χ0n) is 20.8. The van der Waals surface area contributed by atoms with Gasteiger partial charge in [-0.3, -0.25) is 19.2 Å². The van der Waals surface area contributed by atoms with Crippen molar-refractivity contribution in [3.8, 4) is 5.75 Å². The molecule has 2 aromatic rings. The van der Waals surface area contributed by atoms with Crippen molar-refractivity contribution in [3.05, 3.63) is 63.1 Å². The predicted molar refractivity (Wildman–Crippen MR) is 159 cm³/mol. The number of benzene rings is 2. The van der Waals surface area contributed by atoms with E-state index in [4.69, 9.17) is 85.9 Å². The van der Waals surface area contributed by atoms with Gasteiger partial charge in [-0.1, -0.05) is 58.0 Å². The van der Waals surface area contributed by atoms with Gasteiger partial charge in [-0.15, -0.1) is 23.2 Å². The first-order chi connectivity index (χ1) is 19.2. The molecule has 214 valence electrons. The van der Waals surface area contributed by atoms with E-state index in [2.05, 4.69) is 0 Å². The van der Waals surface area contributed by atoms with Gasteiger partial charge in [0.15, 0.2) is 4.33 Å². The van der Waals surface area contributed by atoms with Gasteiger partial charge in [0.05, 0.1) is 33.5 Å². The lowest BCUT2D eigenvalue weighted by Crippen LogP contribution is -2.50. The molecule has 7 nitrogen and oxygen atoms in total. The van der Waals surface area contributed by atoms with E-state index in [1.807, 2.05) is 0 Å². The molecule has 0 radical (unpaired) electrons. The van der Waals surface area contributed by atoms with E-state index >= 15 is 0 Å². The average molecular weight is 698 g/mol. The Kier molecular flexibility index (Phi) is 6.91. The number of aryl methyl sites for hydroxylation is 1. The number of allylic oxidation sites excluding steroid dienone is 2. The molecule has 3 fully saturated rings. The minimum Gasteiger partial charge on any atom is -0.426 e. The summed E-state index contributed by atoms with van der Waals surface area (Å²) < 4.78 is 3.54. The molecule has 2 aliphatic heterocycles. The van der Waals surface area contributed by atoms with Gasteiger partial charge in [0.1, 0.15) is 15.5 Å². The van der Waals surface area contributed by atoms with Crippen molar-refractivity contribution in [2.75, 3.05) is 16.3 Å². The van der Waals surface area contributed by atoms with E-state index in [0.29, 0.717) is 16.3 Å². The molecule has 2 saturated heterocycles. The summed E-state index contributed by atoms with van der Waals surface area (Å²) in [7, 11) is 0. The molecule has 41 heavy (non-hydrogen) atoms. The maximum atomic E-state index is 13.7. The number of rotatable bonds is 4. The number of hydrogen-bond acceptors (Lipinski definition) is 5. The maximum Gasteiger partial charge on any atom is 0.316 e. The van der Waals surface area contributed by atoms with Crippen LogP contribution >= 0.6 is 81.2 Å². The lowest BCUT2D eigenvalue weighted by Gasteiger charge is -2.34. The van der Waals surface area contributed by atoms with E-state index in [-0.39, 0.29) is 40.4 Å². The van der Waals surface area contributed by atoms with Crippen LogP contribution in [-0.4, -0.2) is 44.3 Å². The molecule has 6 rings (SSSR count). The molecular formula is C27H17Cl7N2O5. The summed E-state index contributed by atoms with van der Waals surface area (Å²) in [4.78, 5) is 51.4. The first-order valence-electron chi connectivity index (χ1n) is 12.2. The predicted octanol–water partition coefficient (Wildman–Crippen LogP) is 6.56. The normalized spacial score (nSPS) is 31.9. The first-order valence-corrected chi connectivity index (χ1v) is 14.9. The Bertz CT molecular complexity index is 1550. The Labute approximate surface area is 269 Å². The number of alkyl halides is 4. The van der Waals surface area contributed by atoms with E-state index in [1.54, 1.807) is 31.2 Å². The Morgan fingerprint density at radius 2 is 1.44 bits per heavy atom. The lowest BCUT2D eigenvalue weighted by atomic mass is 9.84. The van der Waals surface area contributed by atoms with Crippen molar-refractivity contribution in [3.63, 3.8) is 0 Å². The fraction of sp³-hybridized carbons (Fsp3) is 0.333. The highest BCUT2D eigenvalue weighted by molar-refractivity contribution is 6.67. The standard InChI is InChI=1S/C27H17Cl7N2O5/c1-11-8-15(41-24(40)12-9-17(37)35(10-12)14-4-2-13(28)3-5-14)6-7-16(11)36-22(38)18-19(23(36)39)26(32)21(30)20(29)25(18,31)27(26,33)34/h2-8,12,18-19H,9-10H2,1H3/t12-,18-,19+,25-,26-/m1/s1. The molecule has 0 spiro atoms. The number of carbonyl (C=O) groups is 4. The smallest absolute Gasteiger partial charge is 0.316 e. The number of anilines is 2. The molecule has 3 amide bonds. The van der Waals surface area contributed by atoms with Crippen LogP contribution in [0.25, 0.3) is 0 Å². The van der Waals surface area contributed by atoms with Crippen molar-refractivity contribution in [1.29, 1.82) is 0 Å². The highest BCUT2D eigenvalue weighted by Gasteiger charge is 2.87. The number of hydrogen-bond donors (Lipinski definition) is 0.